The Kier molecular flexibility index (Phi) is 24.9. The largest absolute Gasteiger partial charge is 0.496 e. The van der Waals surface area contributed by atoms with E-state index in [2.05, 4.69) is 103 Å². The highest BCUT2D eigenvalue weighted by Crippen LogP contribution is 2.42. The SMILES string of the molecule is COC(=O)c1cc2c(OC)c(C)c(C)cc2c(-c2cc3cc(C)c(C)c(OC)c3c(C)n2)n1.COc1c(C)c(C)cc2c(-c3cc4cc(C)c(C)c(OC)c4c(C)n3)nc(CO)cc12.S=S=S=S=S=S.S=S=S=S=S=S=S. The van der Waals surface area contributed by atoms with E-state index < -0.39 is 5.97 Å². The number of carbonyl (C=O) groups is 1. The summed E-state index contributed by atoms with van der Waals surface area (Å²) < 4.78 is 27.9. The van der Waals surface area contributed by atoms with E-state index in [1.165, 1.54) is 60.4 Å². The fraction of sp³-hybridized carbons (Fsp3) is 0.302. The third kappa shape index (κ3) is 14.7. The molecule has 24 heteroatoms. The van der Waals surface area contributed by atoms with Gasteiger partial charge >= 0.3 is 5.97 Å². The summed E-state index contributed by atoms with van der Waals surface area (Å²) in [6.07, 6.45) is 0. The van der Waals surface area contributed by atoms with Crippen LogP contribution in [-0.4, -0.2) is 66.6 Å². The van der Waals surface area contributed by atoms with Crippen molar-refractivity contribution in [3.63, 3.8) is 0 Å². The van der Waals surface area contributed by atoms with Crippen LogP contribution in [0.1, 0.15) is 72.1 Å². The number of pyridine rings is 4. The standard InChI is InChI=1S/C27H28N2O4.C26H28N2O3.S7.S6/c1-13-9-18-11-21(28-17(5)23(18)26(32-7)16(13)4)24-19-10-14(2)15(3)25(31-6)20(19)12-22(29-24)27(30)33-8;1-13-8-18-10-22(27-17(5)23(18)26(31-7)16(13)4)24-20-9-14(2)15(3)25(30-6)21(20)11-19(12-29)28-24;1-3-5-7-6-4-2;1-3-5-6-4-2/h9-12H,1-8H3;8-11,29H,12H2,1-7H3;;. The maximum atomic E-state index is 12.5. The van der Waals surface area contributed by atoms with Crippen molar-refractivity contribution in [2.24, 2.45) is 0 Å². The Morgan fingerprint density at radius 2 is 0.818 bits per heavy atom. The van der Waals surface area contributed by atoms with Crippen LogP contribution in [0.2, 0.25) is 0 Å². The number of methoxy groups -OCH3 is 5. The molecule has 0 radical (unpaired) electrons. The van der Waals surface area contributed by atoms with Gasteiger partial charge in [0.2, 0.25) is 0 Å². The molecular weight excluding hydrogens is 1220 g/mol. The Morgan fingerprint density at radius 3 is 1.19 bits per heavy atom. The van der Waals surface area contributed by atoms with Crippen LogP contribution in [0.3, 0.4) is 0 Å². The summed E-state index contributed by atoms with van der Waals surface area (Å²) in [5.74, 6) is 2.70. The molecule has 4 aromatic heterocycles. The van der Waals surface area contributed by atoms with Crippen LogP contribution >= 0.6 is 0 Å². The molecule has 8 rings (SSSR count). The molecule has 4 aromatic carbocycles. The Hall–Kier alpha value is -3.99. The van der Waals surface area contributed by atoms with Crippen molar-refractivity contribution in [1.82, 2.24) is 19.9 Å². The van der Waals surface area contributed by atoms with Crippen LogP contribution in [0.4, 0.5) is 0 Å². The maximum absolute atomic E-state index is 12.5. The van der Waals surface area contributed by atoms with Crippen LogP contribution < -0.4 is 18.9 Å². The van der Waals surface area contributed by atoms with E-state index in [0.717, 1.165) is 128 Å². The average Bonchev–Trinajstić information content (AvgIpc) is 3.43. The van der Waals surface area contributed by atoms with Crippen molar-refractivity contribution in [3.05, 3.63) is 116 Å². The Labute approximate surface area is 495 Å². The Balaban J connectivity index is 0.000000231. The number of aryl methyl sites for hydroxylation is 6. The normalized spacial score (nSPS) is 10.4. The number of hydrogen-bond acceptors (Lipinski definition) is 15. The van der Waals surface area contributed by atoms with Crippen LogP contribution in [0.25, 0.3) is 65.9 Å². The zero-order chi connectivity index (χ0) is 56.8. The molecule has 0 fully saturated rings. The number of benzene rings is 4. The number of hydrogen-bond donors (Lipinski definition) is 1. The molecule has 0 atom stereocenters. The molecule has 0 saturated carbocycles. The lowest BCUT2D eigenvalue weighted by molar-refractivity contribution is 0.0594. The monoisotopic (exact) mass is 1280 g/mol. The van der Waals surface area contributed by atoms with E-state index in [1.54, 1.807) is 61.1 Å². The van der Waals surface area contributed by atoms with Gasteiger partial charge in [-0.25, -0.2) is 14.8 Å². The fourth-order valence-electron chi connectivity index (χ4n) is 8.89. The van der Waals surface area contributed by atoms with Gasteiger partial charge in [0.1, 0.15) is 28.7 Å². The zero-order valence-electron chi connectivity index (χ0n) is 44.8. The molecule has 77 heavy (non-hydrogen) atoms. The van der Waals surface area contributed by atoms with Crippen LogP contribution in [0.15, 0.2) is 48.5 Å². The number of fused-ring (bicyclic) bond motifs is 4. The lowest BCUT2D eigenvalue weighted by Crippen LogP contribution is -2.07. The summed E-state index contributed by atoms with van der Waals surface area (Å²) in [7, 11) is 21.0. The van der Waals surface area contributed by atoms with E-state index in [0.29, 0.717) is 22.8 Å². The maximum Gasteiger partial charge on any atom is 0.356 e. The van der Waals surface area contributed by atoms with Gasteiger partial charge in [-0.1, -0.05) is 12.1 Å². The number of ether oxygens (including phenoxy) is 5. The lowest BCUT2D eigenvalue weighted by atomic mass is 9.96. The molecule has 0 saturated heterocycles. The predicted octanol–water partition coefficient (Wildman–Crippen LogP) is 11.3. The number of aromatic nitrogens is 4. The first-order valence-electron chi connectivity index (χ1n) is 22.9. The quantitative estimate of drug-likeness (QED) is 0.145. The second-order valence-electron chi connectivity index (χ2n) is 17.1. The second kappa shape index (κ2) is 30.0. The van der Waals surface area contributed by atoms with Crippen molar-refractivity contribution >= 4 is 174 Å². The highest BCUT2D eigenvalue weighted by molar-refractivity contribution is 8.68. The van der Waals surface area contributed by atoms with Gasteiger partial charge in [-0.15, -0.1) is 0 Å². The molecule has 8 aromatic rings. The van der Waals surface area contributed by atoms with E-state index in [-0.39, 0.29) is 12.3 Å². The number of aliphatic hydroxyl groups excluding tert-OH is 1. The minimum Gasteiger partial charge on any atom is -0.496 e. The molecule has 0 aliphatic rings. The van der Waals surface area contributed by atoms with Gasteiger partial charge < -0.3 is 28.8 Å². The van der Waals surface area contributed by atoms with E-state index in [1.807, 2.05) is 53.7 Å². The van der Waals surface area contributed by atoms with Crippen molar-refractivity contribution in [1.29, 1.82) is 0 Å². The fourth-order valence-corrected chi connectivity index (χ4v) is 22.6. The Morgan fingerprint density at radius 1 is 0.455 bits per heavy atom. The molecule has 0 bridgehead atoms. The Bertz CT molecular complexity index is 4030. The van der Waals surface area contributed by atoms with E-state index in [9.17, 15) is 9.90 Å². The highest BCUT2D eigenvalue weighted by Gasteiger charge is 2.23. The highest BCUT2D eigenvalue weighted by atomic mass is 33.4. The number of carbonyl (C=O) groups excluding carboxylic acids is 1. The minimum atomic E-state index is -0.510. The number of esters is 1. The first kappa shape index (κ1) is 63.8. The van der Waals surface area contributed by atoms with Crippen molar-refractivity contribution in [2.75, 3.05) is 35.5 Å². The summed E-state index contributed by atoms with van der Waals surface area (Å²) in [6.45, 7) is 20.2. The first-order valence-corrected chi connectivity index (χ1v) is 37.6. The van der Waals surface area contributed by atoms with Gasteiger partial charge in [0.15, 0.2) is 0 Å². The summed E-state index contributed by atoms with van der Waals surface area (Å²) >= 11 is 18.2. The number of nitrogens with zero attached hydrogens (tertiary/aromatic N) is 4. The van der Waals surface area contributed by atoms with Gasteiger partial charge in [-0.2, -0.15) is 0 Å². The molecule has 408 valence electrons. The smallest absolute Gasteiger partial charge is 0.356 e. The van der Waals surface area contributed by atoms with Gasteiger partial charge in [-0.05, 0) is 161 Å². The van der Waals surface area contributed by atoms with Gasteiger partial charge in [0.25, 0.3) is 0 Å². The van der Waals surface area contributed by atoms with Crippen molar-refractivity contribution in [3.8, 4) is 45.8 Å². The molecule has 0 aliphatic carbocycles. The third-order valence-corrected chi connectivity index (χ3v) is 28.4. The van der Waals surface area contributed by atoms with Gasteiger partial charge in [0.05, 0.1) is 70.6 Å². The topological polar surface area (TPSA) is 135 Å². The number of rotatable bonds is 8. The van der Waals surface area contributed by atoms with Crippen LogP contribution in [-0.2, 0) is 136 Å². The minimum absolute atomic E-state index is 0.155. The van der Waals surface area contributed by atoms with E-state index in [4.69, 9.17) is 43.6 Å². The molecule has 4 heterocycles. The number of aliphatic hydroxyl groups is 1. The summed E-state index contributed by atoms with van der Waals surface area (Å²) in [5, 5.41) is 17.5. The van der Waals surface area contributed by atoms with Crippen LogP contribution in [0.5, 0.6) is 23.0 Å². The summed E-state index contributed by atoms with van der Waals surface area (Å²) in [6, 6.07) is 16.2. The average molecular weight is 1280 g/mol. The van der Waals surface area contributed by atoms with Gasteiger partial charge in [-0.3, -0.25) is 9.97 Å². The van der Waals surface area contributed by atoms with Crippen molar-refractivity contribution < 1.29 is 33.6 Å². The second-order valence-corrected chi connectivity index (χ2v) is 33.0. The third-order valence-electron chi connectivity index (χ3n) is 12.8. The molecule has 0 aliphatic heterocycles. The molecule has 0 spiro atoms. The van der Waals surface area contributed by atoms with Gasteiger partial charge in [0, 0.05) is 168 Å². The zero-order valence-corrected chi connectivity index (χ0v) is 55.4. The molecule has 0 amide bonds. The molecule has 11 nitrogen and oxygen atoms in total. The van der Waals surface area contributed by atoms with Crippen molar-refractivity contribution in [2.45, 2.75) is 75.8 Å². The summed E-state index contributed by atoms with van der Waals surface area (Å²) in [5.41, 5.74) is 14.1. The van der Waals surface area contributed by atoms with E-state index >= 15 is 0 Å². The molecule has 1 N–H and O–H groups in total. The first-order chi connectivity index (χ1) is 36.8. The summed E-state index contributed by atoms with van der Waals surface area (Å²) in [4.78, 5) is 31.8. The molecule has 0 unspecified atom stereocenters. The predicted molar refractivity (Wildman–Crippen MR) is 352 cm³/mol. The van der Waals surface area contributed by atoms with Crippen LogP contribution in [0, 0.1) is 69.2 Å². The lowest BCUT2D eigenvalue weighted by Gasteiger charge is -2.17. The molecular formula is C53H56N4O7S13.